The Kier molecular flexibility index (Phi) is 26.6. The zero-order valence-electron chi connectivity index (χ0n) is 39.7. The highest BCUT2D eigenvalue weighted by molar-refractivity contribution is 7.47. The molecular weight excluding hydrogens is 832 g/mol. The number of allylic oxidation sites excluding steroid dienone is 1. The van der Waals surface area contributed by atoms with Gasteiger partial charge < -0.3 is 30.0 Å². The number of fused-ring (bicyclic) bond motifs is 1. The summed E-state index contributed by atoms with van der Waals surface area (Å²) in [5.74, 6) is -0.242. The van der Waals surface area contributed by atoms with Gasteiger partial charge in [0.1, 0.15) is 6.61 Å². The molecule has 1 fully saturated rings. The van der Waals surface area contributed by atoms with Crippen molar-refractivity contribution in [2.45, 2.75) is 231 Å². The van der Waals surface area contributed by atoms with Gasteiger partial charge in [-0.1, -0.05) is 180 Å². The monoisotopic (exact) mass is 917 g/mol. The van der Waals surface area contributed by atoms with E-state index in [1.165, 1.54) is 122 Å². The van der Waals surface area contributed by atoms with Gasteiger partial charge in [0, 0.05) is 24.8 Å². The summed E-state index contributed by atoms with van der Waals surface area (Å²) < 4.78 is 37.0. The van der Waals surface area contributed by atoms with Gasteiger partial charge in [-0.3, -0.25) is 18.6 Å². The maximum absolute atomic E-state index is 13.1. The molecule has 0 bridgehead atoms. The first kappa shape index (κ1) is 53.6. The summed E-state index contributed by atoms with van der Waals surface area (Å²) in [6, 6.07) is 0.255. The van der Waals surface area contributed by atoms with Crippen LogP contribution in [0.25, 0.3) is 11.2 Å². The number of nitrogens with zero attached hydrogens (tertiary/aromatic N) is 4. The van der Waals surface area contributed by atoms with Gasteiger partial charge in [-0.15, -0.1) is 0 Å². The molecule has 0 radical (unpaired) electrons. The summed E-state index contributed by atoms with van der Waals surface area (Å²) in [7, 11) is -4.55. The number of nitrogen functional groups attached to an aromatic ring is 1. The van der Waals surface area contributed by atoms with Crippen molar-refractivity contribution in [1.29, 1.82) is 0 Å². The molecule has 4 rings (SSSR count). The number of carbonyl (C=O) groups is 2. The quantitative estimate of drug-likeness (QED) is 0.0248. The Hall–Kier alpha value is -3.06. The van der Waals surface area contributed by atoms with Crippen LogP contribution in [0.2, 0.25) is 0 Å². The number of unbranched alkanes of at least 4 members (excludes halogenated alkanes) is 24. The average Bonchev–Trinajstić information content (AvgIpc) is 3.79. The van der Waals surface area contributed by atoms with Crippen LogP contribution in [0.5, 0.6) is 0 Å². The summed E-state index contributed by atoms with van der Waals surface area (Å²) in [5, 5.41) is 3.37. The van der Waals surface area contributed by atoms with Gasteiger partial charge in [-0.05, 0) is 32.1 Å². The number of ether oxygens (including phenoxy) is 2. The largest absolute Gasteiger partial charge is 0.472 e. The molecule has 1 saturated carbocycles. The number of carbonyl (C=O) groups excluding carboxylic acids is 2. The lowest BCUT2D eigenvalue weighted by Crippen LogP contribution is -2.29. The second-order valence-electron chi connectivity index (χ2n) is 18.5. The lowest BCUT2D eigenvalue weighted by atomic mass is 10.0. The van der Waals surface area contributed by atoms with Crippen LogP contribution in [0.3, 0.4) is 0 Å². The molecule has 64 heavy (non-hydrogen) atoms. The molecule has 2 heterocycles. The highest BCUT2D eigenvalue weighted by atomic mass is 31.2. The number of hydrogen-bond donors (Lipinski definition) is 3. The first-order valence-corrected chi connectivity index (χ1v) is 27.1. The third-order valence-corrected chi connectivity index (χ3v) is 13.4. The standard InChI is InChI=1S/C49H85N6O8P/c1-3-5-7-9-11-13-15-17-19-21-23-25-27-29-44(56)60-37-43(63-45(57)30-28-26-24-22-20-18-16-14-12-10-8-6-4-2)38-62-64(58,59)61-36-40-31-34-42(35-40)55-39-51-46-47(52-41-32-33-41)53-49(50)54-48(46)55/h31,34,39-43H,3-30,32-33,35-38H2,1-2H3,(H,58,59)(H3,50,52,53,54)/t40-,42+,43+/m0/s1. The molecule has 4 atom stereocenters. The molecule has 4 N–H and O–H groups in total. The third kappa shape index (κ3) is 22.9. The fourth-order valence-corrected chi connectivity index (χ4v) is 9.19. The van der Waals surface area contributed by atoms with Crippen molar-refractivity contribution >= 4 is 42.7 Å². The highest BCUT2D eigenvalue weighted by Gasteiger charge is 2.30. The predicted octanol–water partition coefficient (Wildman–Crippen LogP) is 12.7. The number of nitrogens with one attached hydrogen (secondary N) is 1. The van der Waals surface area contributed by atoms with Crippen LogP contribution in [-0.2, 0) is 32.7 Å². The van der Waals surface area contributed by atoms with E-state index in [0.717, 1.165) is 51.4 Å². The number of nitrogens with two attached hydrogens (primary N) is 1. The Balaban J connectivity index is 1.15. The smallest absolute Gasteiger partial charge is 0.462 e. The molecule has 0 spiro atoms. The summed E-state index contributed by atoms with van der Waals surface area (Å²) in [5.41, 5.74) is 7.30. The third-order valence-electron chi connectivity index (χ3n) is 12.4. The van der Waals surface area contributed by atoms with Crippen LogP contribution < -0.4 is 11.1 Å². The summed E-state index contributed by atoms with van der Waals surface area (Å²) in [4.78, 5) is 49.6. The molecule has 364 valence electrons. The molecule has 2 aliphatic carbocycles. The highest BCUT2D eigenvalue weighted by Crippen LogP contribution is 2.45. The minimum Gasteiger partial charge on any atom is -0.462 e. The number of rotatable bonds is 40. The van der Waals surface area contributed by atoms with Gasteiger partial charge in [0.25, 0.3) is 0 Å². The topological polar surface area (TPSA) is 190 Å². The number of phosphoric acid groups is 1. The molecule has 0 aromatic carbocycles. The Labute approximate surface area is 385 Å². The second kappa shape index (κ2) is 31.8. The van der Waals surface area contributed by atoms with E-state index < -0.39 is 26.5 Å². The Bertz CT molecular complexity index is 1670. The minimum atomic E-state index is -4.55. The Morgan fingerprint density at radius 2 is 1.25 bits per heavy atom. The van der Waals surface area contributed by atoms with Gasteiger partial charge >= 0.3 is 19.8 Å². The molecule has 0 amide bonds. The molecule has 15 heteroatoms. The fourth-order valence-electron chi connectivity index (χ4n) is 8.38. The Morgan fingerprint density at radius 3 is 1.78 bits per heavy atom. The minimum absolute atomic E-state index is 0.0728. The number of aromatic nitrogens is 4. The van der Waals surface area contributed by atoms with E-state index in [2.05, 4.69) is 34.1 Å². The van der Waals surface area contributed by atoms with E-state index in [-0.39, 0.29) is 49.9 Å². The van der Waals surface area contributed by atoms with E-state index in [1.807, 2.05) is 16.7 Å². The van der Waals surface area contributed by atoms with Crippen molar-refractivity contribution in [3.05, 3.63) is 18.5 Å². The Morgan fingerprint density at radius 1 is 0.734 bits per heavy atom. The van der Waals surface area contributed by atoms with E-state index in [9.17, 15) is 19.0 Å². The van der Waals surface area contributed by atoms with Crippen LogP contribution >= 0.6 is 7.82 Å². The van der Waals surface area contributed by atoms with Crippen molar-refractivity contribution in [3.8, 4) is 0 Å². The number of esters is 2. The first-order chi connectivity index (χ1) is 31.2. The van der Waals surface area contributed by atoms with Crippen molar-refractivity contribution < 1.29 is 37.6 Å². The summed E-state index contributed by atoms with van der Waals surface area (Å²) in [6.45, 7) is 3.71. The number of hydrogen-bond acceptors (Lipinski definition) is 12. The molecule has 1 unspecified atom stereocenters. The van der Waals surface area contributed by atoms with Crippen LogP contribution in [0, 0.1) is 5.92 Å². The molecule has 14 nitrogen and oxygen atoms in total. The molecule has 2 aromatic rings. The lowest BCUT2D eigenvalue weighted by Gasteiger charge is -2.21. The van der Waals surface area contributed by atoms with Crippen molar-refractivity contribution in [3.63, 3.8) is 0 Å². The summed E-state index contributed by atoms with van der Waals surface area (Å²) >= 11 is 0. The van der Waals surface area contributed by atoms with Gasteiger partial charge in [0.2, 0.25) is 5.95 Å². The zero-order chi connectivity index (χ0) is 45.7. The maximum atomic E-state index is 13.1. The van der Waals surface area contributed by atoms with Gasteiger partial charge in [-0.25, -0.2) is 9.55 Å². The van der Waals surface area contributed by atoms with Crippen LogP contribution in [0.15, 0.2) is 18.5 Å². The summed E-state index contributed by atoms with van der Waals surface area (Å²) in [6.07, 6.45) is 39.2. The van der Waals surface area contributed by atoms with Crippen LogP contribution in [0.1, 0.15) is 219 Å². The lowest BCUT2D eigenvalue weighted by molar-refractivity contribution is -0.161. The van der Waals surface area contributed by atoms with E-state index in [1.54, 1.807) is 6.33 Å². The molecule has 2 aromatic heterocycles. The van der Waals surface area contributed by atoms with Gasteiger partial charge in [-0.2, -0.15) is 9.97 Å². The van der Waals surface area contributed by atoms with Gasteiger partial charge in [0.15, 0.2) is 23.1 Å². The fraction of sp³-hybridized carbons (Fsp3) is 0.816. The SMILES string of the molecule is CCCCCCCCCCCCCCCC(=O)OC[C@H](COP(=O)(O)OC[C@H]1C=C[C@@H](n2cnc3c(NC4CC4)nc(N)nc32)C1)OC(=O)CCCCCCCCCCCCCCC. The van der Waals surface area contributed by atoms with E-state index in [0.29, 0.717) is 35.9 Å². The van der Waals surface area contributed by atoms with Crippen LogP contribution in [0.4, 0.5) is 11.8 Å². The van der Waals surface area contributed by atoms with E-state index >= 15 is 0 Å². The molecule has 2 aliphatic rings. The van der Waals surface area contributed by atoms with E-state index in [4.69, 9.17) is 24.3 Å². The average molecular weight is 917 g/mol. The number of imidazole rings is 1. The van der Waals surface area contributed by atoms with Crippen LogP contribution in [-0.4, -0.2) is 68.3 Å². The van der Waals surface area contributed by atoms with Crippen molar-refractivity contribution in [2.75, 3.05) is 30.9 Å². The zero-order valence-corrected chi connectivity index (χ0v) is 40.6. The molecule has 0 saturated heterocycles. The van der Waals surface area contributed by atoms with Gasteiger partial charge in [0.05, 0.1) is 25.6 Å². The molecule has 0 aliphatic heterocycles. The second-order valence-corrected chi connectivity index (χ2v) is 19.9. The normalized spacial score (nSPS) is 17.5. The first-order valence-electron chi connectivity index (χ1n) is 25.6. The van der Waals surface area contributed by atoms with Crippen molar-refractivity contribution in [1.82, 2.24) is 19.5 Å². The predicted molar refractivity (Wildman–Crippen MR) is 256 cm³/mol. The maximum Gasteiger partial charge on any atom is 0.472 e. The number of phosphoric ester groups is 1. The number of anilines is 2. The van der Waals surface area contributed by atoms with Crippen molar-refractivity contribution in [2.24, 2.45) is 5.92 Å². The molecular formula is C49H85N6O8P.